The number of likely N-dealkylation sites (N-methyl/N-ethyl adjacent to an activating group) is 1. The number of amides is 1. The highest BCUT2D eigenvalue weighted by molar-refractivity contribution is 5.94. The van der Waals surface area contributed by atoms with Gasteiger partial charge >= 0.3 is 0 Å². The van der Waals surface area contributed by atoms with Crippen molar-refractivity contribution in [2.24, 2.45) is 0 Å². The molecule has 2 N–H and O–H groups in total. The molecule has 1 aromatic heterocycles. The summed E-state index contributed by atoms with van der Waals surface area (Å²) in [6.07, 6.45) is 1.51. The van der Waals surface area contributed by atoms with Gasteiger partial charge in [0.15, 0.2) is 0 Å². The molecule has 1 heterocycles. The van der Waals surface area contributed by atoms with Gasteiger partial charge < -0.3 is 15.1 Å². The summed E-state index contributed by atoms with van der Waals surface area (Å²) < 4.78 is 0. The Labute approximate surface area is 106 Å². The predicted molar refractivity (Wildman–Crippen MR) is 66.8 cm³/mol. The second kappa shape index (κ2) is 6.74. The largest absolute Gasteiger partial charge is 0.394 e. The summed E-state index contributed by atoms with van der Waals surface area (Å²) in [5.41, 5.74) is 0.690. The van der Waals surface area contributed by atoms with Crippen LogP contribution in [-0.2, 0) is 0 Å². The number of hydrogen-bond acceptors (Lipinski definition) is 4. The smallest absolute Gasteiger partial charge is 0.273 e. The zero-order chi connectivity index (χ0) is 13.5. The highest BCUT2D eigenvalue weighted by atomic mass is 16.3. The molecule has 0 fully saturated rings. The van der Waals surface area contributed by atoms with Crippen molar-refractivity contribution in [1.29, 1.82) is 0 Å². The van der Waals surface area contributed by atoms with Crippen LogP contribution in [0.25, 0.3) is 0 Å². The van der Waals surface area contributed by atoms with Crippen LogP contribution in [-0.4, -0.2) is 52.3 Å². The van der Waals surface area contributed by atoms with Crippen LogP contribution in [0.1, 0.15) is 23.0 Å². The van der Waals surface area contributed by atoms with E-state index in [1.807, 2.05) is 0 Å². The number of carbonyl (C=O) groups is 1. The van der Waals surface area contributed by atoms with Crippen molar-refractivity contribution >= 4 is 5.91 Å². The van der Waals surface area contributed by atoms with E-state index in [-0.39, 0.29) is 30.9 Å². The fourth-order valence-electron chi connectivity index (χ4n) is 1.30. The first-order valence-electron chi connectivity index (χ1n) is 5.54. The third kappa shape index (κ3) is 3.29. The van der Waals surface area contributed by atoms with Crippen LogP contribution in [0, 0.1) is 11.8 Å². The zero-order valence-corrected chi connectivity index (χ0v) is 10.4. The summed E-state index contributed by atoms with van der Waals surface area (Å²) in [4.78, 5) is 17.6. The van der Waals surface area contributed by atoms with E-state index < -0.39 is 0 Å². The number of pyridine rings is 1. The standard InChI is InChI=1S/C13H16N2O3/c1-10(9-17)15(2)13(18)12-11(6-4-8-16)5-3-7-14-12/h3,5,7,10,16-17H,8-9H2,1-2H3. The van der Waals surface area contributed by atoms with Gasteiger partial charge in [-0.2, -0.15) is 0 Å². The average molecular weight is 248 g/mol. The highest BCUT2D eigenvalue weighted by Gasteiger charge is 2.20. The maximum absolute atomic E-state index is 12.2. The monoisotopic (exact) mass is 248 g/mol. The molecule has 5 heteroatoms. The molecule has 5 nitrogen and oxygen atoms in total. The number of rotatable bonds is 3. The lowest BCUT2D eigenvalue weighted by molar-refractivity contribution is 0.0676. The first-order valence-corrected chi connectivity index (χ1v) is 5.54. The molecule has 96 valence electrons. The Hall–Kier alpha value is -1.90. The Morgan fingerprint density at radius 3 is 2.89 bits per heavy atom. The van der Waals surface area contributed by atoms with Gasteiger partial charge in [0.25, 0.3) is 5.91 Å². The Morgan fingerprint density at radius 1 is 1.56 bits per heavy atom. The highest BCUT2D eigenvalue weighted by Crippen LogP contribution is 2.08. The molecule has 1 amide bonds. The van der Waals surface area contributed by atoms with E-state index in [9.17, 15) is 4.79 Å². The van der Waals surface area contributed by atoms with Crippen LogP contribution in [0.4, 0.5) is 0 Å². The second-order valence-electron chi connectivity index (χ2n) is 3.81. The summed E-state index contributed by atoms with van der Waals surface area (Å²) in [6.45, 7) is 1.35. The van der Waals surface area contributed by atoms with Crippen LogP contribution >= 0.6 is 0 Å². The summed E-state index contributed by atoms with van der Waals surface area (Å²) in [6, 6.07) is 3.05. The van der Waals surface area contributed by atoms with Crippen LogP contribution in [0.3, 0.4) is 0 Å². The van der Waals surface area contributed by atoms with Crippen molar-refractivity contribution < 1.29 is 15.0 Å². The number of hydrogen-bond donors (Lipinski definition) is 2. The average Bonchev–Trinajstić information content (AvgIpc) is 2.42. The van der Waals surface area contributed by atoms with Gasteiger partial charge in [0, 0.05) is 13.2 Å². The zero-order valence-electron chi connectivity index (χ0n) is 10.4. The third-order valence-corrected chi connectivity index (χ3v) is 2.56. The molecule has 0 aliphatic rings. The molecule has 0 spiro atoms. The molecule has 0 bridgehead atoms. The van der Waals surface area contributed by atoms with Crippen molar-refractivity contribution in [2.45, 2.75) is 13.0 Å². The van der Waals surface area contributed by atoms with Crippen molar-refractivity contribution in [3.63, 3.8) is 0 Å². The van der Waals surface area contributed by atoms with Crippen molar-refractivity contribution in [3.8, 4) is 11.8 Å². The minimum absolute atomic E-state index is 0.118. The van der Waals surface area contributed by atoms with Crippen molar-refractivity contribution in [3.05, 3.63) is 29.6 Å². The number of aliphatic hydroxyl groups is 2. The van der Waals surface area contributed by atoms with E-state index in [4.69, 9.17) is 10.2 Å². The molecule has 0 aliphatic heterocycles. The lowest BCUT2D eigenvalue weighted by atomic mass is 10.1. The van der Waals surface area contributed by atoms with E-state index in [1.54, 1.807) is 26.1 Å². The summed E-state index contributed by atoms with van der Waals surface area (Å²) >= 11 is 0. The minimum atomic E-state index is -0.306. The molecule has 0 saturated carbocycles. The first kappa shape index (κ1) is 14.2. The normalized spacial score (nSPS) is 11.3. The van der Waals surface area contributed by atoms with E-state index >= 15 is 0 Å². The fourth-order valence-corrected chi connectivity index (χ4v) is 1.30. The molecule has 0 aliphatic carbocycles. The maximum atomic E-state index is 12.2. The second-order valence-corrected chi connectivity index (χ2v) is 3.81. The number of aromatic nitrogens is 1. The van der Waals surface area contributed by atoms with Crippen LogP contribution in [0.2, 0.25) is 0 Å². The Balaban J connectivity index is 3.05. The van der Waals surface area contributed by atoms with Gasteiger partial charge in [0.1, 0.15) is 12.3 Å². The van der Waals surface area contributed by atoms with E-state index in [0.717, 1.165) is 0 Å². The molecule has 1 aromatic rings. The van der Waals surface area contributed by atoms with E-state index in [0.29, 0.717) is 5.56 Å². The van der Waals surface area contributed by atoms with Gasteiger partial charge in [-0.1, -0.05) is 11.8 Å². The predicted octanol–water partition coefficient (Wildman–Crippen LogP) is -0.122. The summed E-state index contributed by atoms with van der Waals surface area (Å²) in [5, 5.41) is 17.7. The Kier molecular flexibility index (Phi) is 5.31. The SMILES string of the molecule is CC(CO)N(C)C(=O)c1ncccc1C#CCO. The van der Waals surface area contributed by atoms with Gasteiger partial charge in [0.2, 0.25) is 0 Å². The lowest BCUT2D eigenvalue weighted by Gasteiger charge is -2.23. The van der Waals surface area contributed by atoms with Crippen molar-refractivity contribution in [1.82, 2.24) is 9.88 Å². The molecule has 1 atom stereocenters. The van der Waals surface area contributed by atoms with Crippen LogP contribution in [0.15, 0.2) is 18.3 Å². The quantitative estimate of drug-likeness (QED) is 0.731. The van der Waals surface area contributed by atoms with E-state index in [2.05, 4.69) is 16.8 Å². The van der Waals surface area contributed by atoms with Gasteiger partial charge in [-0.15, -0.1) is 0 Å². The topological polar surface area (TPSA) is 73.7 Å². The molecule has 1 unspecified atom stereocenters. The van der Waals surface area contributed by atoms with Gasteiger partial charge in [-0.3, -0.25) is 4.79 Å². The maximum Gasteiger partial charge on any atom is 0.273 e. The molecular formula is C13H16N2O3. The molecule has 0 radical (unpaired) electrons. The summed E-state index contributed by atoms with van der Waals surface area (Å²) in [7, 11) is 1.60. The summed E-state index contributed by atoms with van der Waals surface area (Å²) in [5.74, 6) is 4.86. The Morgan fingerprint density at radius 2 is 2.28 bits per heavy atom. The number of nitrogens with zero attached hydrogens (tertiary/aromatic N) is 2. The van der Waals surface area contributed by atoms with Crippen molar-refractivity contribution in [2.75, 3.05) is 20.3 Å². The van der Waals surface area contributed by atoms with Gasteiger partial charge in [-0.25, -0.2) is 4.98 Å². The minimum Gasteiger partial charge on any atom is -0.394 e. The number of aliphatic hydroxyl groups excluding tert-OH is 2. The molecule has 1 rings (SSSR count). The fraction of sp³-hybridized carbons (Fsp3) is 0.385. The Bertz CT molecular complexity index is 477. The lowest BCUT2D eigenvalue weighted by Crippen LogP contribution is -2.38. The molecule has 0 saturated heterocycles. The molecule has 0 aromatic carbocycles. The van der Waals surface area contributed by atoms with Gasteiger partial charge in [0.05, 0.1) is 18.2 Å². The van der Waals surface area contributed by atoms with E-state index in [1.165, 1.54) is 11.1 Å². The first-order chi connectivity index (χ1) is 8.61. The van der Waals surface area contributed by atoms with Crippen LogP contribution < -0.4 is 0 Å². The van der Waals surface area contributed by atoms with Gasteiger partial charge in [-0.05, 0) is 19.1 Å². The van der Waals surface area contributed by atoms with Crippen LogP contribution in [0.5, 0.6) is 0 Å². The number of carbonyl (C=O) groups excluding carboxylic acids is 1. The molecule has 18 heavy (non-hydrogen) atoms. The third-order valence-electron chi connectivity index (χ3n) is 2.56. The molecular weight excluding hydrogens is 232 g/mol.